The van der Waals surface area contributed by atoms with Crippen LogP contribution in [0.2, 0.25) is 0 Å². The van der Waals surface area contributed by atoms with Crippen molar-refractivity contribution < 1.29 is 17.5 Å². The fourth-order valence-electron chi connectivity index (χ4n) is 4.45. The number of anilines is 1. The van der Waals surface area contributed by atoms with E-state index in [1.807, 2.05) is 55.5 Å². The molecule has 2 heterocycles. The second-order valence-electron chi connectivity index (χ2n) is 8.84. The first kappa shape index (κ1) is 25.2. The fourth-order valence-corrected chi connectivity index (χ4v) is 7.64. The third-order valence-electron chi connectivity index (χ3n) is 6.27. The number of nitrogens with one attached hydrogen (secondary N) is 1. The van der Waals surface area contributed by atoms with Gasteiger partial charge in [0.25, 0.3) is 17.5 Å². The molecular weight excluding hydrogens is 505 g/mol. The van der Waals surface area contributed by atoms with Crippen LogP contribution < -0.4 is 5.09 Å². The van der Waals surface area contributed by atoms with Crippen molar-refractivity contribution in [1.82, 2.24) is 8.96 Å². The predicted octanol–water partition coefficient (Wildman–Crippen LogP) is 6.62. The molecule has 0 bridgehead atoms. The molecular formula is C28H28N3O4PS. The lowest BCUT2D eigenvalue weighted by atomic mass is 10.1. The normalized spacial score (nSPS) is 13.6. The maximum atomic E-state index is 13.9. The van der Waals surface area contributed by atoms with Crippen LogP contribution in [0.5, 0.6) is 0 Å². The van der Waals surface area contributed by atoms with Crippen LogP contribution in [0.4, 0.5) is 5.69 Å². The van der Waals surface area contributed by atoms with Gasteiger partial charge in [-0.3, -0.25) is 9.55 Å². The second-order valence-corrected chi connectivity index (χ2v) is 12.9. The highest BCUT2D eigenvalue weighted by Gasteiger charge is 2.26. The van der Waals surface area contributed by atoms with Gasteiger partial charge >= 0.3 is 0 Å². The molecule has 190 valence electrons. The van der Waals surface area contributed by atoms with Crippen molar-refractivity contribution in [2.45, 2.75) is 25.2 Å². The summed E-state index contributed by atoms with van der Waals surface area (Å²) in [6.07, 6.45) is 3.88. The maximum absolute atomic E-state index is 13.9. The molecule has 0 aliphatic heterocycles. The van der Waals surface area contributed by atoms with Crippen LogP contribution in [-0.4, -0.2) is 30.1 Å². The highest BCUT2D eigenvalue weighted by molar-refractivity contribution is 7.90. The SMILES string of the molecule is CCOP(=O)(CCc1cn(S(=O)(=O)c2ccc(C)cc2)c2ccccc12)Nc1cccc2cccnc12. The lowest BCUT2D eigenvalue weighted by Crippen LogP contribution is -2.12. The number of aromatic nitrogens is 2. The second kappa shape index (κ2) is 10.1. The molecule has 7 nitrogen and oxygen atoms in total. The summed E-state index contributed by atoms with van der Waals surface area (Å²) in [6, 6.07) is 23.6. The standard InChI is InChI=1S/C28H28N3O4PS/c1-3-35-36(32,30-26-11-6-8-22-9-7-18-29-28(22)26)19-17-23-20-31(27-12-5-4-10-25(23)27)37(33,34)24-15-13-21(2)14-16-24/h4-16,18,20H,3,17,19H2,1-2H3,(H,30,32). The number of hydrogen-bond acceptors (Lipinski definition) is 5. The number of para-hydroxylation sites is 2. The van der Waals surface area contributed by atoms with Crippen molar-refractivity contribution in [3.05, 3.63) is 102 Å². The number of hydrogen-bond donors (Lipinski definition) is 1. The minimum absolute atomic E-state index is 0.183. The topological polar surface area (TPSA) is 90.3 Å². The third kappa shape index (κ3) is 5.05. The van der Waals surface area contributed by atoms with E-state index in [1.165, 1.54) is 3.97 Å². The van der Waals surface area contributed by atoms with E-state index < -0.39 is 17.5 Å². The highest BCUT2D eigenvalue weighted by Crippen LogP contribution is 2.48. The van der Waals surface area contributed by atoms with Crippen LogP contribution in [0, 0.1) is 6.92 Å². The van der Waals surface area contributed by atoms with Crippen LogP contribution in [0.15, 0.2) is 96.2 Å². The molecule has 0 saturated carbocycles. The predicted molar refractivity (Wildman–Crippen MR) is 149 cm³/mol. The first-order chi connectivity index (χ1) is 17.8. The lowest BCUT2D eigenvalue weighted by Gasteiger charge is -2.20. The van der Waals surface area contributed by atoms with E-state index in [4.69, 9.17) is 4.52 Å². The van der Waals surface area contributed by atoms with Gasteiger partial charge in [-0.2, -0.15) is 0 Å². The highest BCUT2D eigenvalue weighted by atomic mass is 32.2. The van der Waals surface area contributed by atoms with Gasteiger partial charge in [0.1, 0.15) is 0 Å². The number of nitrogens with zero attached hydrogens (tertiary/aromatic N) is 2. The molecule has 0 amide bonds. The summed E-state index contributed by atoms with van der Waals surface area (Å²) in [5, 5.41) is 4.86. The van der Waals surface area contributed by atoms with Crippen molar-refractivity contribution in [1.29, 1.82) is 0 Å². The Morgan fingerprint density at radius 2 is 1.73 bits per heavy atom. The van der Waals surface area contributed by atoms with Crippen LogP contribution in [0.3, 0.4) is 0 Å². The first-order valence-corrected chi connectivity index (χ1v) is 15.3. The van der Waals surface area contributed by atoms with Gasteiger partial charge in [0, 0.05) is 29.3 Å². The van der Waals surface area contributed by atoms with Crippen LogP contribution in [-0.2, 0) is 25.5 Å². The number of pyridine rings is 1. The summed E-state index contributed by atoms with van der Waals surface area (Å²) in [5.41, 5.74) is 3.70. The molecule has 0 radical (unpaired) electrons. The zero-order valence-corrected chi connectivity index (χ0v) is 22.4. The molecule has 5 rings (SSSR count). The van der Waals surface area contributed by atoms with Gasteiger partial charge < -0.3 is 9.61 Å². The zero-order chi connectivity index (χ0) is 26.0. The molecule has 5 aromatic rings. The molecule has 1 unspecified atom stereocenters. The van der Waals surface area contributed by atoms with Gasteiger partial charge in [-0.05, 0) is 56.2 Å². The van der Waals surface area contributed by atoms with Crippen molar-refractivity contribution in [2.75, 3.05) is 17.9 Å². The summed E-state index contributed by atoms with van der Waals surface area (Å²) < 4.78 is 48.0. The molecule has 1 N–H and O–H groups in total. The average Bonchev–Trinajstić information content (AvgIpc) is 3.28. The zero-order valence-electron chi connectivity index (χ0n) is 20.7. The largest absolute Gasteiger partial charge is 0.314 e. The minimum Gasteiger partial charge on any atom is -0.314 e. The average molecular weight is 534 g/mol. The number of aryl methyl sites for hydroxylation is 2. The Bertz CT molecular complexity index is 1720. The molecule has 2 aromatic heterocycles. The van der Waals surface area contributed by atoms with Crippen LogP contribution >= 0.6 is 7.52 Å². The summed E-state index contributed by atoms with van der Waals surface area (Å²) in [4.78, 5) is 4.66. The Kier molecular flexibility index (Phi) is 6.90. The molecule has 0 spiro atoms. The van der Waals surface area contributed by atoms with E-state index in [-0.39, 0.29) is 17.7 Å². The Labute approximate surface area is 216 Å². The van der Waals surface area contributed by atoms with Crippen LogP contribution in [0.25, 0.3) is 21.8 Å². The maximum Gasteiger partial charge on any atom is 0.294 e. The summed E-state index contributed by atoms with van der Waals surface area (Å²) >= 11 is 0. The molecule has 3 aromatic carbocycles. The van der Waals surface area contributed by atoms with E-state index in [9.17, 15) is 13.0 Å². The van der Waals surface area contributed by atoms with E-state index in [2.05, 4.69) is 10.1 Å². The van der Waals surface area contributed by atoms with Gasteiger partial charge in [-0.1, -0.05) is 54.1 Å². The molecule has 1 atom stereocenters. The van der Waals surface area contributed by atoms with Crippen molar-refractivity contribution >= 4 is 45.0 Å². The third-order valence-corrected chi connectivity index (χ3v) is 10.0. The van der Waals surface area contributed by atoms with E-state index in [0.717, 1.165) is 21.9 Å². The monoisotopic (exact) mass is 533 g/mol. The molecule has 9 heteroatoms. The Morgan fingerprint density at radius 3 is 2.51 bits per heavy atom. The van der Waals surface area contributed by atoms with E-state index in [1.54, 1.807) is 49.6 Å². The smallest absolute Gasteiger partial charge is 0.294 e. The number of rotatable bonds is 9. The summed E-state index contributed by atoms with van der Waals surface area (Å²) in [7, 11) is -7.14. The lowest BCUT2D eigenvalue weighted by molar-refractivity contribution is 0.337. The number of fused-ring (bicyclic) bond motifs is 2. The van der Waals surface area contributed by atoms with Crippen LogP contribution in [0.1, 0.15) is 18.1 Å². The van der Waals surface area contributed by atoms with Crippen molar-refractivity contribution in [3.63, 3.8) is 0 Å². The van der Waals surface area contributed by atoms with E-state index in [0.29, 0.717) is 23.1 Å². The fraction of sp³-hybridized carbons (Fsp3) is 0.179. The Morgan fingerprint density at radius 1 is 0.973 bits per heavy atom. The van der Waals surface area contributed by atoms with Gasteiger partial charge in [0.2, 0.25) is 0 Å². The quantitative estimate of drug-likeness (QED) is 0.214. The Balaban J connectivity index is 1.48. The summed E-state index contributed by atoms with van der Waals surface area (Å²) in [5.74, 6) is 0. The Hall–Kier alpha value is -3.45. The van der Waals surface area contributed by atoms with Gasteiger partial charge in [-0.25, -0.2) is 12.4 Å². The molecule has 0 aliphatic carbocycles. The number of benzene rings is 3. The first-order valence-electron chi connectivity index (χ1n) is 12.1. The minimum atomic E-state index is -3.81. The van der Waals surface area contributed by atoms with Crippen molar-refractivity contribution in [3.8, 4) is 0 Å². The molecule has 0 fully saturated rings. The van der Waals surface area contributed by atoms with E-state index >= 15 is 0 Å². The summed E-state index contributed by atoms with van der Waals surface area (Å²) in [6.45, 7) is 3.99. The molecule has 37 heavy (non-hydrogen) atoms. The van der Waals surface area contributed by atoms with Gasteiger partial charge in [0.05, 0.1) is 28.2 Å². The molecule has 0 saturated heterocycles. The van der Waals surface area contributed by atoms with Crippen molar-refractivity contribution in [2.24, 2.45) is 0 Å². The molecule has 0 aliphatic rings. The van der Waals surface area contributed by atoms with Gasteiger partial charge in [0.15, 0.2) is 0 Å². The van der Waals surface area contributed by atoms with Gasteiger partial charge in [-0.15, -0.1) is 0 Å².